The molecule has 0 unspecified atom stereocenters. The summed E-state index contributed by atoms with van der Waals surface area (Å²) < 4.78 is 18.1. The summed E-state index contributed by atoms with van der Waals surface area (Å²) >= 11 is 12.3. The van der Waals surface area contributed by atoms with Gasteiger partial charge in [0.1, 0.15) is 12.4 Å². The van der Waals surface area contributed by atoms with Gasteiger partial charge in [-0.15, -0.1) is 0 Å². The molecule has 0 radical (unpaired) electrons. The van der Waals surface area contributed by atoms with Gasteiger partial charge in [-0.05, 0) is 66.4 Å². The molecule has 0 fully saturated rings. The number of hydrogen-bond donors (Lipinski definition) is 0. The molecule has 0 atom stereocenters. The number of methoxy groups -OCH3 is 2. The lowest BCUT2D eigenvalue weighted by Crippen LogP contribution is -2.21. The first-order valence-electron chi connectivity index (χ1n) is 14.2. The van der Waals surface area contributed by atoms with Gasteiger partial charge in [-0.3, -0.25) is 14.9 Å². The molecule has 0 amide bonds. The molecule has 0 N–H and O–H groups in total. The van der Waals surface area contributed by atoms with Crippen LogP contribution in [0.1, 0.15) is 42.0 Å². The van der Waals surface area contributed by atoms with Crippen LogP contribution in [-0.4, -0.2) is 35.0 Å². The van der Waals surface area contributed by atoms with E-state index in [1.54, 1.807) is 43.5 Å². The van der Waals surface area contributed by atoms with Gasteiger partial charge in [0, 0.05) is 32.8 Å². The summed E-state index contributed by atoms with van der Waals surface area (Å²) in [4.78, 5) is 30.2. The number of nitro benzene ring substituents is 1. The van der Waals surface area contributed by atoms with Crippen LogP contribution >= 0.6 is 23.2 Å². The second kappa shape index (κ2) is 13.6. The number of nitro groups is 1. The Balaban J connectivity index is 1.63. The number of benzene rings is 4. The zero-order valence-electron chi connectivity index (χ0n) is 25.7. The molecule has 12 heteroatoms. The summed E-state index contributed by atoms with van der Waals surface area (Å²) in [6, 6.07) is 18.6. The average molecular weight is 662 g/mol. The maximum atomic E-state index is 13.8. The molecule has 4 aromatic carbocycles. The van der Waals surface area contributed by atoms with Crippen LogP contribution < -0.4 is 19.8 Å². The smallest absolute Gasteiger partial charge is 0.315 e. The molecule has 0 saturated carbocycles. The van der Waals surface area contributed by atoms with Crippen molar-refractivity contribution in [3.8, 4) is 28.6 Å². The Morgan fingerprint density at radius 2 is 1.76 bits per heavy atom. The molecule has 1 heterocycles. The van der Waals surface area contributed by atoms with Crippen LogP contribution in [0.5, 0.6) is 17.2 Å². The maximum Gasteiger partial charge on any atom is 0.315 e. The van der Waals surface area contributed by atoms with Gasteiger partial charge in [-0.2, -0.15) is 9.78 Å². The SMILES string of the molecule is COc1cc(C)c(-c2nc3ccccc3c(=O)n2N=Cc2cc(OC)c(OCc3ccc(Cl)cc3Cl)c([N+](=O)[O-])c2)cc1C(C)C. The highest BCUT2D eigenvalue weighted by atomic mass is 35.5. The Morgan fingerprint density at radius 1 is 1.02 bits per heavy atom. The summed E-state index contributed by atoms with van der Waals surface area (Å²) in [5, 5.41) is 17.9. The van der Waals surface area contributed by atoms with Crippen molar-refractivity contribution in [1.29, 1.82) is 0 Å². The van der Waals surface area contributed by atoms with Crippen LogP contribution in [0.2, 0.25) is 10.0 Å². The van der Waals surface area contributed by atoms with Crippen molar-refractivity contribution in [2.75, 3.05) is 14.2 Å². The lowest BCUT2D eigenvalue weighted by atomic mass is 9.96. The monoisotopic (exact) mass is 660 g/mol. The fraction of sp³-hybridized carbons (Fsp3) is 0.206. The highest BCUT2D eigenvalue weighted by Gasteiger charge is 2.23. The lowest BCUT2D eigenvalue weighted by molar-refractivity contribution is -0.386. The summed E-state index contributed by atoms with van der Waals surface area (Å²) in [6.07, 6.45) is 1.35. The number of ether oxygens (including phenoxy) is 3. The van der Waals surface area contributed by atoms with Crippen molar-refractivity contribution >= 4 is 46.0 Å². The van der Waals surface area contributed by atoms with Crippen molar-refractivity contribution in [3.05, 3.63) is 119 Å². The van der Waals surface area contributed by atoms with E-state index in [-0.39, 0.29) is 29.7 Å². The van der Waals surface area contributed by atoms with Crippen molar-refractivity contribution in [1.82, 2.24) is 9.66 Å². The molecule has 236 valence electrons. The predicted octanol–water partition coefficient (Wildman–Crippen LogP) is 8.19. The van der Waals surface area contributed by atoms with Crippen molar-refractivity contribution in [2.45, 2.75) is 33.3 Å². The molecule has 5 rings (SSSR count). The minimum absolute atomic E-state index is 0.0677. The Labute approximate surface area is 274 Å². The van der Waals surface area contributed by atoms with Crippen molar-refractivity contribution in [3.63, 3.8) is 0 Å². The number of aryl methyl sites for hydroxylation is 1. The van der Waals surface area contributed by atoms with Gasteiger partial charge in [0.2, 0.25) is 5.75 Å². The van der Waals surface area contributed by atoms with Gasteiger partial charge in [-0.1, -0.05) is 55.2 Å². The zero-order chi connectivity index (χ0) is 33.1. The van der Waals surface area contributed by atoms with Crippen molar-refractivity contribution in [2.24, 2.45) is 5.10 Å². The second-order valence-corrected chi connectivity index (χ2v) is 11.6. The minimum atomic E-state index is -0.581. The van der Waals surface area contributed by atoms with Gasteiger partial charge in [0.15, 0.2) is 11.6 Å². The number of nitrogens with zero attached hydrogens (tertiary/aromatic N) is 4. The molecule has 0 aliphatic heterocycles. The van der Waals surface area contributed by atoms with Crippen LogP contribution in [0.15, 0.2) is 76.6 Å². The molecule has 0 aliphatic carbocycles. The number of rotatable bonds is 10. The zero-order valence-corrected chi connectivity index (χ0v) is 27.2. The molecule has 5 aromatic rings. The van der Waals surface area contributed by atoms with Gasteiger partial charge in [-0.25, -0.2) is 4.98 Å². The third-order valence-electron chi connectivity index (χ3n) is 7.38. The summed E-state index contributed by atoms with van der Waals surface area (Å²) in [5.74, 6) is 1.18. The van der Waals surface area contributed by atoms with E-state index in [1.807, 2.05) is 39.0 Å². The molecular weight excluding hydrogens is 631 g/mol. The number of halogens is 2. The van der Waals surface area contributed by atoms with Crippen LogP contribution in [-0.2, 0) is 6.61 Å². The Hall–Kier alpha value is -4.93. The largest absolute Gasteiger partial charge is 0.496 e. The summed E-state index contributed by atoms with van der Waals surface area (Å²) in [5.41, 5.74) is 3.08. The first-order valence-corrected chi connectivity index (χ1v) is 15.0. The average Bonchev–Trinajstić information content (AvgIpc) is 3.03. The number of para-hydroxylation sites is 1. The van der Waals surface area contributed by atoms with E-state index in [4.69, 9.17) is 42.4 Å². The Morgan fingerprint density at radius 3 is 2.43 bits per heavy atom. The van der Waals surface area contributed by atoms with Crippen LogP contribution in [0.25, 0.3) is 22.3 Å². The van der Waals surface area contributed by atoms with E-state index in [0.717, 1.165) is 16.9 Å². The normalized spacial score (nSPS) is 11.4. The molecule has 0 bridgehead atoms. The van der Waals surface area contributed by atoms with Crippen LogP contribution in [0.3, 0.4) is 0 Å². The number of fused-ring (bicyclic) bond motifs is 1. The van der Waals surface area contributed by atoms with E-state index in [1.165, 1.54) is 30.1 Å². The lowest BCUT2D eigenvalue weighted by Gasteiger charge is -2.17. The van der Waals surface area contributed by atoms with Gasteiger partial charge in [0.25, 0.3) is 5.56 Å². The number of hydrogen-bond acceptors (Lipinski definition) is 8. The van der Waals surface area contributed by atoms with E-state index in [0.29, 0.717) is 43.5 Å². The fourth-order valence-electron chi connectivity index (χ4n) is 5.00. The summed E-state index contributed by atoms with van der Waals surface area (Å²) in [7, 11) is 2.99. The fourth-order valence-corrected chi connectivity index (χ4v) is 5.46. The van der Waals surface area contributed by atoms with Crippen LogP contribution in [0.4, 0.5) is 5.69 Å². The molecule has 0 saturated heterocycles. The molecule has 10 nitrogen and oxygen atoms in total. The Bertz CT molecular complexity index is 2060. The molecule has 0 aliphatic rings. The molecule has 0 spiro atoms. The first kappa shape index (κ1) is 32.5. The second-order valence-electron chi connectivity index (χ2n) is 10.7. The predicted molar refractivity (Wildman–Crippen MR) is 180 cm³/mol. The molecule has 1 aromatic heterocycles. The minimum Gasteiger partial charge on any atom is -0.496 e. The van der Waals surface area contributed by atoms with Gasteiger partial charge >= 0.3 is 5.69 Å². The van der Waals surface area contributed by atoms with E-state index in [9.17, 15) is 14.9 Å². The topological polar surface area (TPSA) is 118 Å². The van der Waals surface area contributed by atoms with Crippen molar-refractivity contribution < 1.29 is 19.1 Å². The Kier molecular flexibility index (Phi) is 9.60. The summed E-state index contributed by atoms with van der Waals surface area (Å²) in [6.45, 7) is 5.94. The maximum absolute atomic E-state index is 13.8. The van der Waals surface area contributed by atoms with Gasteiger partial charge < -0.3 is 14.2 Å². The standard InChI is InChI=1S/C34H30Cl2N4O6/c1-19(2)25-16-26(20(3)12-30(25)44-4)33-38-28-9-7-6-8-24(28)34(41)39(33)37-17-21-13-29(40(42)43)32(31(14-21)45-5)46-18-22-10-11-23(35)15-27(22)36/h6-17,19H,18H2,1-5H3. The van der Waals surface area contributed by atoms with Gasteiger partial charge in [0.05, 0.1) is 36.3 Å². The van der Waals surface area contributed by atoms with E-state index >= 15 is 0 Å². The van der Waals surface area contributed by atoms with Crippen LogP contribution in [0, 0.1) is 17.0 Å². The molecule has 46 heavy (non-hydrogen) atoms. The highest BCUT2D eigenvalue weighted by Crippen LogP contribution is 2.39. The molecular formula is C34H30Cl2N4O6. The van der Waals surface area contributed by atoms with E-state index < -0.39 is 10.5 Å². The quantitative estimate of drug-likeness (QED) is 0.0841. The highest BCUT2D eigenvalue weighted by molar-refractivity contribution is 6.35. The third-order valence-corrected chi connectivity index (χ3v) is 7.96. The van der Waals surface area contributed by atoms with E-state index in [2.05, 4.69) is 5.10 Å². The first-order chi connectivity index (χ1) is 22.0. The number of aromatic nitrogens is 2. The third kappa shape index (κ3) is 6.54.